The van der Waals surface area contributed by atoms with Crippen molar-refractivity contribution in [2.24, 2.45) is 0 Å². The predicted molar refractivity (Wildman–Crippen MR) is 109 cm³/mol. The van der Waals surface area contributed by atoms with Crippen LogP contribution in [0.3, 0.4) is 0 Å². The Morgan fingerprint density at radius 2 is 2.00 bits per heavy atom. The van der Waals surface area contributed by atoms with Crippen LogP contribution in [0.5, 0.6) is 0 Å². The first-order valence-corrected chi connectivity index (χ1v) is 9.79. The molecule has 0 spiro atoms. The molecule has 0 fully saturated rings. The Hall–Kier alpha value is -2.43. The number of ketones is 1. The number of aromatic nitrogens is 1. The van der Waals surface area contributed by atoms with E-state index >= 15 is 0 Å². The van der Waals surface area contributed by atoms with Gasteiger partial charge >= 0.3 is 0 Å². The minimum atomic E-state index is -0.156. The van der Waals surface area contributed by atoms with Gasteiger partial charge in [-0.15, -0.1) is 11.3 Å². The number of hydrogen-bond donors (Lipinski definition) is 2. The number of rotatable bonds is 5. The summed E-state index contributed by atoms with van der Waals surface area (Å²) in [5, 5.41) is 10.2. The van der Waals surface area contributed by atoms with Crippen molar-refractivity contribution in [1.29, 1.82) is 5.26 Å². The van der Waals surface area contributed by atoms with Crippen LogP contribution in [0.25, 0.3) is 10.2 Å². The van der Waals surface area contributed by atoms with Gasteiger partial charge in [-0.25, -0.2) is 4.98 Å². The molecule has 7 heteroatoms. The lowest BCUT2D eigenvalue weighted by Gasteiger charge is -2.08. The number of carbonyl (C=O) groups is 1. The van der Waals surface area contributed by atoms with Gasteiger partial charge in [0.25, 0.3) is 0 Å². The maximum absolute atomic E-state index is 12.9. The fourth-order valence-electron chi connectivity index (χ4n) is 2.88. The average molecular weight is 429 g/mol. The molecule has 3 rings (SSSR count). The van der Waals surface area contributed by atoms with Crippen LogP contribution in [-0.2, 0) is 6.42 Å². The summed E-state index contributed by atoms with van der Waals surface area (Å²) in [6.45, 7) is 2.08. The highest BCUT2D eigenvalue weighted by atomic mass is 79.9. The third-order valence-electron chi connectivity index (χ3n) is 4.21. The number of nitrogen functional groups attached to an aromatic ring is 2. The van der Waals surface area contributed by atoms with E-state index in [0.29, 0.717) is 38.3 Å². The highest BCUT2D eigenvalue weighted by Crippen LogP contribution is 2.39. The van der Waals surface area contributed by atoms with Crippen molar-refractivity contribution in [2.45, 2.75) is 26.2 Å². The number of fused-ring (bicyclic) bond motifs is 1. The Morgan fingerprint density at radius 1 is 1.31 bits per heavy atom. The van der Waals surface area contributed by atoms with Crippen molar-refractivity contribution in [3.63, 3.8) is 0 Å². The highest BCUT2D eigenvalue weighted by Gasteiger charge is 2.23. The monoisotopic (exact) mass is 428 g/mol. The van der Waals surface area contributed by atoms with Crippen LogP contribution in [-0.4, -0.2) is 10.8 Å². The second-order valence-electron chi connectivity index (χ2n) is 5.93. The molecule has 1 aromatic carbocycles. The van der Waals surface area contributed by atoms with Gasteiger partial charge in [0, 0.05) is 15.4 Å². The Morgan fingerprint density at radius 3 is 2.62 bits per heavy atom. The first-order chi connectivity index (χ1) is 12.5. The molecule has 0 saturated heterocycles. The molecule has 0 atom stereocenters. The maximum atomic E-state index is 12.9. The van der Waals surface area contributed by atoms with Crippen LogP contribution < -0.4 is 11.5 Å². The molecule has 2 aromatic heterocycles. The Labute approximate surface area is 163 Å². The summed E-state index contributed by atoms with van der Waals surface area (Å²) >= 11 is 4.59. The van der Waals surface area contributed by atoms with Crippen LogP contribution in [0.2, 0.25) is 0 Å². The summed E-state index contributed by atoms with van der Waals surface area (Å²) < 4.78 is 0.897. The number of unbranched alkanes of at least 4 members (excludes halogenated alkanes) is 1. The second kappa shape index (κ2) is 7.44. The number of benzene rings is 1. The van der Waals surface area contributed by atoms with Crippen molar-refractivity contribution >= 4 is 54.8 Å². The lowest BCUT2D eigenvalue weighted by Crippen LogP contribution is -2.04. The van der Waals surface area contributed by atoms with E-state index in [9.17, 15) is 10.1 Å². The average Bonchev–Trinajstić information content (AvgIpc) is 2.95. The summed E-state index contributed by atoms with van der Waals surface area (Å²) in [6.07, 6.45) is 2.55. The normalized spacial score (nSPS) is 10.8. The van der Waals surface area contributed by atoms with E-state index < -0.39 is 0 Å². The quantitative estimate of drug-likeness (QED) is 0.574. The number of nitrogens with two attached hydrogens (primary N) is 2. The van der Waals surface area contributed by atoms with Crippen molar-refractivity contribution in [2.75, 3.05) is 11.5 Å². The molecule has 0 radical (unpaired) electrons. The molecule has 5 nitrogen and oxygen atoms in total. The molecule has 0 unspecified atom stereocenters. The number of nitrogens with zero attached hydrogens (tertiary/aromatic N) is 2. The van der Waals surface area contributed by atoms with Crippen LogP contribution in [0.4, 0.5) is 11.5 Å². The highest BCUT2D eigenvalue weighted by molar-refractivity contribution is 9.10. The molecule has 2 heterocycles. The molecule has 0 amide bonds. The summed E-state index contributed by atoms with van der Waals surface area (Å²) in [4.78, 5) is 18.3. The van der Waals surface area contributed by atoms with E-state index in [-0.39, 0.29) is 11.6 Å². The standard InChI is InChI=1S/C19H17BrN4OS/c1-2-3-4-12-13(9-21)18(23)24-19-14(12)15(22)17(26-19)16(25)10-5-7-11(20)8-6-10/h5-8H,2-4,22H2,1H3,(H2,23,24). The van der Waals surface area contributed by atoms with E-state index in [4.69, 9.17) is 11.5 Å². The topological polar surface area (TPSA) is 106 Å². The summed E-state index contributed by atoms with van der Waals surface area (Å²) in [5.41, 5.74) is 14.4. The molecule has 3 aromatic rings. The van der Waals surface area contributed by atoms with E-state index in [2.05, 4.69) is 33.9 Å². The third kappa shape index (κ3) is 3.18. The summed E-state index contributed by atoms with van der Waals surface area (Å²) in [5.74, 6) is 0.0338. The van der Waals surface area contributed by atoms with E-state index in [1.165, 1.54) is 11.3 Å². The fourth-order valence-corrected chi connectivity index (χ4v) is 4.24. The van der Waals surface area contributed by atoms with Gasteiger partial charge in [-0.3, -0.25) is 4.79 Å². The number of pyridine rings is 1. The number of nitriles is 1. The zero-order valence-electron chi connectivity index (χ0n) is 14.2. The van der Waals surface area contributed by atoms with Crippen molar-refractivity contribution in [3.8, 4) is 6.07 Å². The summed E-state index contributed by atoms with van der Waals surface area (Å²) in [7, 11) is 0. The van der Waals surface area contributed by atoms with Crippen molar-refractivity contribution in [1.82, 2.24) is 4.98 Å². The largest absolute Gasteiger partial charge is 0.397 e. The SMILES string of the molecule is CCCCc1c(C#N)c(N)nc2sc(C(=O)c3ccc(Br)cc3)c(N)c12. The molecule has 0 saturated carbocycles. The Balaban J connectivity index is 2.20. The number of thiophene rings is 1. The number of carbonyl (C=O) groups excluding carboxylic acids is 1. The summed E-state index contributed by atoms with van der Waals surface area (Å²) in [6, 6.07) is 9.26. The Kier molecular flexibility index (Phi) is 5.25. The molecule has 0 bridgehead atoms. The van der Waals surface area contributed by atoms with Crippen LogP contribution >= 0.6 is 27.3 Å². The van der Waals surface area contributed by atoms with E-state index in [1.807, 2.05) is 12.1 Å². The van der Waals surface area contributed by atoms with Crippen LogP contribution in [0.1, 0.15) is 46.1 Å². The third-order valence-corrected chi connectivity index (χ3v) is 5.84. The van der Waals surface area contributed by atoms with Gasteiger partial charge < -0.3 is 11.5 Å². The molecule has 26 heavy (non-hydrogen) atoms. The van der Waals surface area contributed by atoms with Gasteiger partial charge in [0.05, 0.1) is 11.3 Å². The molecule has 4 N–H and O–H groups in total. The van der Waals surface area contributed by atoms with E-state index in [1.54, 1.807) is 12.1 Å². The first kappa shape index (κ1) is 18.4. The molecule has 0 aliphatic carbocycles. The van der Waals surface area contributed by atoms with Gasteiger partial charge in [-0.1, -0.05) is 29.3 Å². The number of anilines is 2. The number of hydrogen-bond acceptors (Lipinski definition) is 6. The fraction of sp³-hybridized carbons (Fsp3) is 0.211. The lowest BCUT2D eigenvalue weighted by atomic mass is 9.99. The first-order valence-electron chi connectivity index (χ1n) is 8.18. The van der Waals surface area contributed by atoms with Crippen molar-refractivity contribution < 1.29 is 4.79 Å². The van der Waals surface area contributed by atoms with Crippen LogP contribution in [0.15, 0.2) is 28.7 Å². The van der Waals surface area contributed by atoms with Gasteiger partial charge in [-0.2, -0.15) is 5.26 Å². The zero-order chi connectivity index (χ0) is 18.8. The van der Waals surface area contributed by atoms with Crippen molar-refractivity contribution in [3.05, 3.63) is 50.3 Å². The zero-order valence-corrected chi connectivity index (χ0v) is 16.6. The lowest BCUT2D eigenvalue weighted by molar-refractivity contribution is 0.104. The second-order valence-corrected chi connectivity index (χ2v) is 7.84. The van der Waals surface area contributed by atoms with Crippen LogP contribution in [0, 0.1) is 11.3 Å². The smallest absolute Gasteiger partial charge is 0.205 e. The van der Waals surface area contributed by atoms with Gasteiger partial charge in [0.2, 0.25) is 5.78 Å². The Bertz CT molecular complexity index is 1030. The minimum absolute atomic E-state index is 0.156. The number of aryl methyl sites for hydroxylation is 1. The van der Waals surface area contributed by atoms with E-state index in [0.717, 1.165) is 22.9 Å². The molecule has 0 aliphatic rings. The molecule has 132 valence electrons. The van der Waals surface area contributed by atoms with Gasteiger partial charge in [0.15, 0.2) is 0 Å². The molecular formula is C19H17BrN4OS. The molecular weight excluding hydrogens is 412 g/mol. The van der Waals surface area contributed by atoms with Gasteiger partial charge in [0.1, 0.15) is 21.6 Å². The maximum Gasteiger partial charge on any atom is 0.205 e. The minimum Gasteiger partial charge on any atom is -0.397 e. The molecule has 0 aliphatic heterocycles. The van der Waals surface area contributed by atoms with Gasteiger partial charge in [-0.05, 0) is 42.7 Å². The predicted octanol–water partition coefficient (Wildman–Crippen LogP) is 4.67. The number of halogens is 1.